The van der Waals surface area contributed by atoms with Crippen LogP contribution in [0, 0.1) is 0 Å². The number of hydrogen-bond acceptors (Lipinski definition) is 5. The van der Waals surface area contributed by atoms with E-state index in [1.165, 1.54) is 11.1 Å². The molecule has 7 heteroatoms. The number of nitrogens with zero attached hydrogens (tertiary/aromatic N) is 2. The minimum atomic E-state index is 0.324. The summed E-state index contributed by atoms with van der Waals surface area (Å²) in [5, 5.41) is 6.78. The average Bonchev–Trinajstić information content (AvgIpc) is 2.76. The number of ether oxygens (including phenoxy) is 3. The van der Waals surface area contributed by atoms with Crippen LogP contribution in [0.25, 0.3) is 0 Å². The fraction of sp³-hybridized carbons (Fsp3) is 0.667. The molecule has 1 aromatic carbocycles. The lowest BCUT2D eigenvalue weighted by molar-refractivity contribution is -0.0390. The molecule has 1 aromatic rings. The van der Waals surface area contributed by atoms with Gasteiger partial charge in [-0.05, 0) is 24.0 Å². The Morgan fingerprint density at radius 1 is 1.11 bits per heavy atom. The molecule has 2 N–H and O–H groups in total. The molecule has 3 rings (SSSR count). The predicted octanol–water partition coefficient (Wildman–Crippen LogP) is 1.38. The molecule has 28 heavy (non-hydrogen) atoms. The molecule has 0 unspecified atom stereocenters. The topological polar surface area (TPSA) is 67.4 Å². The van der Waals surface area contributed by atoms with E-state index in [0.29, 0.717) is 12.7 Å². The lowest BCUT2D eigenvalue weighted by Crippen LogP contribution is -2.44. The van der Waals surface area contributed by atoms with Crippen LogP contribution < -0.4 is 10.6 Å². The minimum absolute atomic E-state index is 0.324. The Hall–Kier alpha value is -1.67. The predicted molar refractivity (Wildman–Crippen MR) is 111 cm³/mol. The van der Waals surface area contributed by atoms with Crippen molar-refractivity contribution in [2.24, 2.45) is 4.99 Å². The highest BCUT2D eigenvalue weighted by atomic mass is 16.5. The Labute approximate surface area is 168 Å². The van der Waals surface area contributed by atoms with Gasteiger partial charge in [-0.3, -0.25) is 9.89 Å². The van der Waals surface area contributed by atoms with E-state index >= 15 is 0 Å². The average molecular weight is 391 g/mol. The highest BCUT2D eigenvalue weighted by molar-refractivity contribution is 5.79. The van der Waals surface area contributed by atoms with E-state index < -0.39 is 0 Å². The molecule has 0 spiro atoms. The zero-order chi connectivity index (χ0) is 19.4. The Bertz CT molecular complexity index is 599. The standard InChI is InChI=1S/C21H34N4O3/c1-22-21(23-7-8-25-9-13-27-14-10-25)24-16-18-3-2-4-19(15-18)17-28-20-5-11-26-12-6-20/h2-4,15,20H,5-14,16-17H2,1H3,(H2,22,23,24). The van der Waals surface area contributed by atoms with Crippen LogP contribution in [0.4, 0.5) is 0 Å². The molecule has 2 aliphatic heterocycles. The van der Waals surface area contributed by atoms with Gasteiger partial charge in [0, 0.05) is 53.0 Å². The molecule has 0 amide bonds. The SMILES string of the molecule is CN=C(NCCN1CCOCC1)NCc1cccc(COC2CCOCC2)c1. The van der Waals surface area contributed by atoms with Crippen molar-refractivity contribution in [1.82, 2.24) is 15.5 Å². The van der Waals surface area contributed by atoms with Gasteiger partial charge in [-0.15, -0.1) is 0 Å². The maximum absolute atomic E-state index is 6.03. The highest BCUT2D eigenvalue weighted by Gasteiger charge is 2.14. The van der Waals surface area contributed by atoms with Gasteiger partial charge in [-0.25, -0.2) is 0 Å². The van der Waals surface area contributed by atoms with E-state index in [1.54, 1.807) is 0 Å². The molecular formula is C21H34N4O3. The summed E-state index contributed by atoms with van der Waals surface area (Å²) >= 11 is 0. The summed E-state index contributed by atoms with van der Waals surface area (Å²) in [5.41, 5.74) is 2.44. The Balaban J connectivity index is 1.37. The fourth-order valence-electron chi connectivity index (χ4n) is 3.45. The number of benzene rings is 1. The van der Waals surface area contributed by atoms with Crippen molar-refractivity contribution in [3.05, 3.63) is 35.4 Å². The summed E-state index contributed by atoms with van der Waals surface area (Å²) in [7, 11) is 1.81. The van der Waals surface area contributed by atoms with Crippen molar-refractivity contribution < 1.29 is 14.2 Å². The normalized spacial score (nSPS) is 19.5. The van der Waals surface area contributed by atoms with Crippen LogP contribution in [-0.2, 0) is 27.4 Å². The number of morpholine rings is 1. The van der Waals surface area contributed by atoms with E-state index in [0.717, 1.165) is 78.0 Å². The van der Waals surface area contributed by atoms with Gasteiger partial charge in [0.2, 0.25) is 0 Å². The molecule has 7 nitrogen and oxygen atoms in total. The first kappa shape index (κ1) is 21.0. The van der Waals surface area contributed by atoms with Crippen LogP contribution in [0.1, 0.15) is 24.0 Å². The van der Waals surface area contributed by atoms with E-state index in [1.807, 2.05) is 7.05 Å². The quantitative estimate of drug-likeness (QED) is 0.516. The zero-order valence-corrected chi connectivity index (χ0v) is 17.0. The molecule has 2 aliphatic rings. The minimum Gasteiger partial charge on any atom is -0.381 e. The molecule has 0 bridgehead atoms. The molecular weight excluding hydrogens is 356 g/mol. The van der Waals surface area contributed by atoms with Gasteiger partial charge in [-0.2, -0.15) is 0 Å². The third-order valence-corrected chi connectivity index (χ3v) is 5.15. The lowest BCUT2D eigenvalue weighted by Gasteiger charge is -2.26. The number of guanidine groups is 1. The first-order chi connectivity index (χ1) is 13.8. The molecule has 0 saturated carbocycles. The van der Waals surface area contributed by atoms with Crippen molar-refractivity contribution in [2.75, 3.05) is 59.7 Å². The van der Waals surface area contributed by atoms with Crippen molar-refractivity contribution in [2.45, 2.75) is 32.1 Å². The summed E-state index contributed by atoms with van der Waals surface area (Å²) in [5.74, 6) is 0.831. The number of aliphatic imine (C=N–C) groups is 1. The molecule has 0 aromatic heterocycles. The third kappa shape index (κ3) is 7.39. The monoisotopic (exact) mass is 390 g/mol. The van der Waals surface area contributed by atoms with Gasteiger partial charge >= 0.3 is 0 Å². The van der Waals surface area contributed by atoms with E-state index in [2.05, 4.69) is 44.8 Å². The van der Waals surface area contributed by atoms with Crippen molar-refractivity contribution in [3.63, 3.8) is 0 Å². The van der Waals surface area contributed by atoms with Crippen molar-refractivity contribution in [1.29, 1.82) is 0 Å². The highest BCUT2D eigenvalue weighted by Crippen LogP contribution is 2.14. The Morgan fingerprint density at radius 3 is 2.64 bits per heavy atom. The van der Waals surface area contributed by atoms with Crippen LogP contribution in [0.3, 0.4) is 0 Å². The van der Waals surface area contributed by atoms with Gasteiger partial charge in [0.1, 0.15) is 0 Å². The number of nitrogens with one attached hydrogen (secondary N) is 2. The summed E-state index contributed by atoms with van der Waals surface area (Å²) in [4.78, 5) is 6.73. The van der Waals surface area contributed by atoms with E-state index in [4.69, 9.17) is 14.2 Å². The van der Waals surface area contributed by atoms with Gasteiger partial charge in [0.25, 0.3) is 0 Å². The second-order valence-corrected chi connectivity index (χ2v) is 7.25. The summed E-state index contributed by atoms with van der Waals surface area (Å²) in [6.45, 7) is 8.59. The number of hydrogen-bond donors (Lipinski definition) is 2. The number of rotatable bonds is 8. The van der Waals surface area contributed by atoms with Crippen LogP contribution in [0.5, 0.6) is 0 Å². The molecule has 2 saturated heterocycles. The maximum atomic E-state index is 6.03. The molecule has 0 aliphatic carbocycles. The Kier molecular flexibility index (Phi) is 9.03. The first-order valence-corrected chi connectivity index (χ1v) is 10.4. The van der Waals surface area contributed by atoms with Gasteiger partial charge in [0.15, 0.2) is 5.96 Å². The molecule has 0 radical (unpaired) electrons. The second kappa shape index (κ2) is 12.0. The van der Waals surface area contributed by atoms with Crippen molar-refractivity contribution >= 4 is 5.96 Å². The second-order valence-electron chi connectivity index (χ2n) is 7.25. The summed E-state index contributed by atoms with van der Waals surface area (Å²) < 4.78 is 16.8. The molecule has 156 valence electrons. The summed E-state index contributed by atoms with van der Waals surface area (Å²) in [6.07, 6.45) is 2.31. The third-order valence-electron chi connectivity index (χ3n) is 5.15. The van der Waals surface area contributed by atoms with Crippen LogP contribution in [0.15, 0.2) is 29.3 Å². The van der Waals surface area contributed by atoms with E-state index in [9.17, 15) is 0 Å². The fourth-order valence-corrected chi connectivity index (χ4v) is 3.45. The van der Waals surface area contributed by atoms with Gasteiger partial charge < -0.3 is 24.8 Å². The molecule has 0 atom stereocenters. The van der Waals surface area contributed by atoms with Crippen LogP contribution in [-0.4, -0.2) is 76.6 Å². The smallest absolute Gasteiger partial charge is 0.191 e. The van der Waals surface area contributed by atoms with E-state index in [-0.39, 0.29) is 0 Å². The van der Waals surface area contributed by atoms with Gasteiger partial charge in [0.05, 0.1) is 25.9 Å². The molecule has 2 heterocycles. The largest absolute Gasteiger partial charge is 0.381 e. The lowest BCUT2D eigenvalue weighted by atomic mass is 10.1. The Morgan fingerprint density at radius 2 is 1.86 bits per heavy atom. The van der Waals surface area contributed by atoms with Crippen LogP contribution in [0.2, 0.25) is 0 Å². The first-order valence-electron chi connectivity index (χ1n) is 10.4. The summed E-state index contributed by atoms with van der Waals surface area (Å²) in [6, 6.07) is 8.55. The van der Waals surface area contributed by atoms with Gasteiger partial charge in [-0.1, -0.05) is 24.3 Å². The molecule has 2 fully saturated rings. The zero-order valence-electron chi connectivity index (χ0n) is 17.0. The van der Waals surface area contributed by atoms with Crippen molar-refractivity contribution in [3.8, 4) is 0 Å². The maximum Gasteiger partial charge on any atom is 0.191 e. The van der Waals surface area contributed by atoms with Crippen LogP contribution >= 0.6 is 0 Å².